The van der Waals surface area contributed by atoms with Crippen molar-refractivity contribution in [2.45, 2.75) is 19.9 Å². The highest BCUT2D eigenvalue weighted by Gasteiger charge is 2.06. The van der Waals surface area contributed by atoms with Crippen LogP contribution in [-0.4, -0.2) is 28.0 Å². The van der Waals surface area contributed by atoms with Crippen LogP contribution in [0.25, 0.3) is 0 Å². The highest BCUT2D eigenvalue weighted by atomic mass is 79.9. The normalized spacial score (nSPS) is 10.7. The Morgan fingerprint density at radius 3 is 2.81 bits per heavy atom. The van der Waals surface area contributed by atoms with Gasteiger partial charge in [0.25, 0.3) is 0 Å². The van der Waals surface area contributed by atoms with Crippen LogP contribution in [0.5, 0.6) is 0 Å². The Labute approximate surface area is 110 Å². The Balaban J connectivity index is 2.59. The predicted octanol–water partition coefficient (Wildman–Crippen LogP) is 2.34. The number of halogens is 1. The minimum atomic E-state index is 0.533. The predicted molar refractivity (Wildman–Crippen MR) is 74.3 cm³/mol. The van der Waals surface area contributed by atoms with Gasteiger partial charge in [-0.3, -0.25) is 9.88 Å². The van der Waals surface area contributed by atoms with Crippen LogP contribution in [0.3, 0.4) is 0 Å². The van der Waals surface area contributed by atoms with Crippen LogP contribution in [-0.2, 0) is 6.54 Å². The second-order valence-corrected chi connectivity index (χ2v) is 5.08. The van der Waals surface area contributed by atoms with Gasteiger partial charge in [-0.1, -0.05) is 19.1 Å². The van der Waals surface area contributed by atoms with Gasteiger partial charge in [0.05, 0.1) is 10.7 Å². The first-order chi connectivity index (χ1) is 7.61. The summed E-state index contributed by atoms with van der Waals surface area (Å²) in [6, 6.07) is 4.00. The molecule has 0 unspecified atom stereocenters. The highest BCUT2D eigenvalue weighted by molar-refractivity contribution is 9.10. The summed E-state index contributed by atoms with van der Waals surface area (Å²) in [5, 5.41) is 0. The Bertz CT molecular complexity index is 340. The van der Waals surface area contributed by atoms with Crippen LogP contribution in [0.4, 0.5) is 0 Å². The third-order valence-corrected chi connectivity index (χ3v) is 2.69. The van der Waals surface area contributed by atoms with Crippen molar-refractivity contribution in [2.75, 3.05) is 13.1 Å². The maximum Gasteiger partial charge on any atom is 0.0870 e. The average Bonchev–Trinajstić information content (AvgIpc) is 2.21. The Morgan fingerprint density at radius 2 is 2.31 bits per heavy atom. The lowest BCUT2D eigenvalue weighted by atomic mass is 10.3. The molecule has 0 aromatic carbocycles. The van der Waals surface area contributed by atoms with Crippen LogP contribution in [0.1, 0.15) is 19.0 Å². The molecule has 0 radical (unpaired) electrons. The van der Waals surface area contributed by atoms with Crippen LogP contribution in [0.2, 0.25) is 0 Å². The molecule has 88 valence electrons. The molecule has 0 aliphatic heterocycles. The summed E-state index contributed by atoms with van der Waals surface area (Å²) in [6.07, 6.45) is 2.89. The second-order valence-electron chi connectivity index (χ2n) is 3.64. The molecule has 3 nitrogen and oxygen atoms in total. The summed E-state index contributed by atoms with van der Waals surface area (Å²) >= 11 is 8.30. The first-order valence-electron chi connectivity index (χ1n) is 5.23. The van der Waals surface area contributed by atoms with E-state index in [2.05, 4.69) is 32.7 Å². The van der Waals surface area contributed by atoms with Crippen molar-refractivity contribution in [2.24, 2.45) is 5.73 Å². The highest BCUT2D eigenvalue weighted by Crippen LogP contribution is 2.09. The van der Waals surface area contributed by atoms with Gasteiger partial charge >= 0.3 is 0 Å². The van der Waals surface area contributed by atoms with E-state index in [9.17, 15) is 0 Å². The van der Waals surface area contributed by atoms with Crippen LogP contribution >= 0.6 is 28.1 Å². The number of nitrogens with zero attached hydrogens (tertiary/aromatic N) is 2. The Hall–Kier alpha value is -0.520. The lowest BCUT2D eigenvalue weighted by Crippen LogP contribution is -2.33. The van der Waals surface area contributed by atoms with E-state index in [-0.39, 0.29) is 0 Å². The molecule has 5 heteroatoms. The molecule has 0 spiro atoms. The van der Waals surface area contributed by atoms with Gasteiger partial charge in [0, 0.05) is 23.8 Å². The fourth-order valence-electron chi connectivity index (χ4n) is 1.48. The molecule has 2 N–H and O–H groups in total. The van der Waals surface area contributed by atoms with Crippen molar-refractivity contribution >= 4 is 33.1 Å². The van der Waals surface area contributed by atoms with Crippen molar-refractivity contribution in [3.05, 3.63) is 28.5 Å². The Kier molecular flexibility index (Phi) is 5.87. The molecule has 1 rings (SSSR count). The van der Waals surface area contributed by atoms with E-state index in [1.165, 1.54) is 0 Å². The largest absolute Gasteiger partial charge is 0.392 e. The number of pyridine rings is 1. The number of hydrogen-bond acceptors (Lipinski definition) is 3. The molecule has 0 bridgehead atoms. The molecule has 1 heterocycles. The quantitative estimate of drug-likeness (QED) is 0.819. The summed E-state index contributed by atoms with van der Waals surface area (Å²) in [4.78, 5) is 7.07. The van der Waals surface area contributed by atoms with Gasteiger partial charge in [0.2, 0.25) is 0 Å². The number of aromatic nitrogens is 1. The second kappa shape index (κ2) is 6.93. The molecular formula is C11H16BrN3S. The molecule has 0 saturated heterocycles. The van der Waals surface area contributed by atoms with Crippen LogP contribution in [0, 0.1) is 0 Å². The molecule has 0 aliphatic rings. The maximum atomic E-state index is 5.56. The number of hydrogen-bond donors (Lipinski definition) is 1. The first-order valence-corrected chi connectivity index (χ1v) is 6.43. The zero-order valence-corrected chi connectivity index (χ0v) is 11.7. The summed E-state index contributed by atoms with van der Waals surface area (Å²) in [7, 11) is 0. The topological polar surface area (TPSA) is 42.1 Å². The summed E-state index contributed by atoms with van der Waals surface area (Å²) in [6.45, 7) is 4.57. The number of rotatable bonds is 6. The first kappa shape index (κ1) is 13.5. The molecule has 0 aliphatic carbocycles. The number of thiocarbonyl (C=S) groups is 1. The van der Waals surface area contributed by atoms with Crippen molar-refractivity contribution in [1.29, 1.82) is 0 Å². The van der Waals surface area contributed by atoms with E-state index in [4.69, 9.17) is 18.0 Å². The lowest BCUT2D eigenvalue weighted by molar-refractivity contribution is 0.300. The van der Waals surface area contributed by atoms with E-state index < -0.39 is 0 Å². The smallest absolute Gasteiger partial charge is 0.0870 e. The molecule has 0 saturated carbocycles. The van der Waals surface area contributed by atoms with Gasteiger partial charge in [0.1, 0.15) is 0 Å². The fourth-order valence-corrected chi connectivity index (χ4v) is 1.90. The van der Waals surface area contributed by atoms with E-state index >= 15 is 0 Å². The van der Waals surface area contributed by atoms with Crippen molar-refractivity contribution in [1.82, 2.24) is 9.88 Å². The molecule has 0 atom stereocenters. The van der Waals surface area contributed by atoms with Crippen LogP contribution in [0.15, 0.2) is 22.8 Å². The molecule has 1 aromatic rings. The Morgan fingerprint density at radius 1 is 1.56 bits per heavy atom. The van der Waals surface area contributed by atoms with Gasteiger partial charge in [0.15, 0.2) is 0 Å². The molecule has 0 fully saturated rings. The van der Waals surface area contributed by atoms with Gasteiger partial charge < -0.3 is 5.73 Å². The third-order valence-electron chi connectivity index (χ3n) is 2.09. The van der Waals surface area contributed by atoms with Crippen molar-refractivity contribution in [3.63, 3.8) is 0 Å². The average molecular weight is 302 g/mol. The minimum absolute atomic E-state index is 0.533. The van der Waals surface area contributed by atoms with Gasteiger partial charge in [-0.25, -0.2) is 0 Å². The summed E-state index contributed by atoms with van der Waals surface area (Å²) in [5.41, 5.74) is 6.60. The van der Waals surface area contributed by atoms with Gasteiger partial charge in [-0.2, -0.15) is 0 Å². The van der Waals surface area contributed by atoms with Gasteiger partial charge in [-0.05, 0) is 41.0 Å². The maximum absolute atomic E-state index is 5.56. The molecular weight excluding hydrogens is 286 g/mol. The standard InChI is InChI=1S/C11H16BrN3S/c1-2-5-15(8-11(13)16)7-10-4-3-9(12)6-14-10/h3-4,6H,2,5,7-8H2,1H3,(H2,13,16). The van der Waals surface area contributed by atoms with E-state index in [1.54, 1.807) is 6.20 Å². The molecule has 16 heavy (non-hydrogen) atoms. The van der Waals surface area contributed by atoms with E-state index in [0.29, 0.717) is 11.5 Å². The molecule has 1 aromatic heterocycles. The zero-order chi connectivity index (χ0) is 12.0. The van der Waals surface area contributed by atoms with Crippen molar-refractivity contribution < 1.29 is 0 Å². The fraction of sp³-hybridized carbons (Fsp3) is 0.455. The zero-order valence-electron chi connectivity index (χ0n) is 9.32. The number of nitrogens with two attached hydrogens (primary N) is 1. The lowest BCUT2D eigenvalue weighted by Gasteiger charge is -2.20. The SMILES string of the molecule is CCCN(CC(N)=S)Cc1ccc(Br)cn1. The minimum Gasteiger partial charge on any atom is -0.392 e. The third kappa shape index (κ3) is 5.01. The summed E-state index contributed by atoms with van der Waals surface area (Å²) in [5.74, 6) is 0. The monoisotopic (exact) mass is 301 g/mol. The summed E-state index contributed by atoms with van der Waals surface area (Å²) < 4.78 is 0.993. The van der Waals surface area contributed by atoms with E-state index in [0.717, 1.165) is 29.7 Å². The van der Waals surface area contributed by atoms with Crippen molar-refractivity contribution in [3.8, 4) is 0 Å². The van der Waals surface area contributed by atoms with Crippen LogP contribution < -0.4 is 5.73 Å². The van der Waals surface area contributed by atoms with E-state index in [1.807, 2.05) is 12.1 Å². The molecule has 0 amide bonds. The van der Waals surface area contributed by atoms with Gasteiger partial charge in [-0.15, -0.1) is 0 Å².